The highest BCUT2D eigenvalue weighted by Gasteiger charge is 2.25. The second-order valence-corrected chi connectivity index (χ2v) is 11.6. The first-order chi connectivity index (χ1) is 19.9. The Morgan fingerprint density at radius 2 is 1.39 bits per heavy atom. The van der Waals surface area contributed by atoms with E-state index in [0.29, 0.717) is 11.8 Å². The van der Waals surface area contributed by atoms with Gasteiger partial charge in [0.05, 0.1) is 28.1 Å². The summed E-state index contributed by atoms with van der Waals surface area (Å²) in [6.07, 6.45) is 0.795. The molecule has 0 unspecified atom stereocenters. The van der Waals surface area contributed by atoms with Gasteiger partial charge < -0.3 is 5.11 Å². The Kier molecular flexibility index (Phi) is 6.01. The summed E-state index contributed by atoms with van der Waals surface area (Å²) in [6.45, 7) is 9.05. The molecule has 41 heavy (non-hydrogen) atoms. The predicted molar refractivity (Wildman–Crippen MR) is 168 cm³/mol. The minimum atomic E-state index is 0.290. The van der Waals surface area contributed by atoms with E-state index in [-0.39, 0.29) is 5.75 Å². The summed E-state index contributed by atoms with van der Waals surface area (Å²) >= 11 is 0. The summed E-state index contributed by atoms with van der Waals surface area (Å²) < 4.78 is 2.36. The van der Waals surface area contributed by atoms with Crippen LogP contribution in [0.1, 0.15) is 61.8 Å². The summed E-state index contributed by atoms with van der Waals surface area (Å²) in [5, 5.41) is 10.6. The van der Waals surface area contributed by atoms with Crippen LogP contribution in [0.2, 0.25) is 0 Å². The maximum atomic E-state index is 10.6. The van der Waals surface area contributed by atoms with E-state index in [1.54, 1.807) is 6.07 Å². The van der Waals surface area contributed by atoms with Crippen LogP contribution in [0.15, 0.2) is 97.1 Å². The van der Waals surface area contributed by atoms with E-state index in [0.717, 1.165) is 62.5 Å². The fourth-order valence-electron chi connectivity index (χ4n) is 6.25. The number of imidazole rings is 1. The number of hydrogen-bond donors (Lipinski definition) is 1. The van der Waals surface area contributed by atoms with Crippen LogP contribution in [0.5, 0.6) is 5.75 Å². The van der Waals surface area contributed by atoms with Crippen LogP contribution in [0.3, 0.4) is 0 Å². The van der Waals surface area contributed by atoms with E-state index in [2.05, 4.69) is 117 Å². The van der Waals surface area contributed by atoms with Gasteiger partial charge in [-0.25, -0.2) is 9.97 Å². The first-order valence-electron chi connectivity index (χ1n) is 14.4. The van der Waals surface area contributed by atoms with Crippen molar-refractivity contribution in [3.8, 4) is 45.3 Å². The molecule has 4 heteroatoms. The monoisotopic (exact) mass is 535 g/mol. The lowest BCUT2D eigenvalue weighted by Crippen LogP contribution is -2.08. The smallest absolute Gasteiger partial charge is 0.145 e. The Labute approximate surface area is 241 Å². The van der Waals surface area contributed by atoms with Gasteiger partial charge in [-0.2, -0.15) is 0 Å². The molecular weight excluding hydrogens is 502 g/mol. The van der Waals surface area contributed by atoms with Crippen LogP contribution in [-0.4, -0.2) is 19.6 Å². The number of aromatic hydroxyl groups is 1. The number of fused-ring (bicyclic) bond motifs is 4. The van der Waals surface area contributed by atoms with Crippen molar-refractivity contribution in [3.05, 3.63) is 119 Å². The van der Waals surface area contributed by atoms with Crippen molar-refractivity contribution in [2.75, 3.05) is 0 Å². The molecule has 1 N–H and O–H groups in total. The zero-order valence-electron chi connectivity index (χ0n) is 23.9. The molecule has 0 atom stereocenters. The average molecular weight is 536 g/mol. The number of hydrogen-bond acceptors (Lipinski definition) is 3. The molecule has 0 bridgehead atoms. The zero-order valence-corrected chi connectivity index (χ0v) is 23.9. The SMILES string of the molecule is CC(C)c1cccc(C(C)C)c1-n1c(-c2cccc(-c3ccc4c(n3)-c3c(O)cccc3C4)c2)nc2ccccc21. The standard InChI is InChI=1S/C37H33N3O/c1-22(2)28-13-9-14-29(23(3)4)36(28)40-32-16-6-5-15-31(32)39-37(40)27-12-7-10-24(20-27)30-19-18-26-21-25-11-8-17-33(41)34(25)35(26)38-30/h5-20,22-23,41H,21H2,1-4H3. The van der Waals surface area contributed by atoms with E-state index in [9.17, 15) is 5.11 Å². The van der Waals surface area contributed by atoms with E-state index >= 15 is 0 Å². The van der Waals surface area contributed by atoms with Crippen LogP contribution in [0.4, 0.5) is 0 Å². The number of rotatable bonds is 5. The average Bonchev–Trinajstić information content (AvgIpc) is 3.55. The molecule has 0 spiro atoms. The van der Waals surface area contributed by atoms with Gasteiger partial charge in [0.1, 0.15) is 11.6 Å². The highest BCUT2D eigenvalue weighted by molar-refractivity contribution is 5.85. The number of phenols is 1. The minimum Gasteiger partial charge on any atom is -0.507 e. The number of para-hydroxylation sites is 3. The number of benzene rings is 4. The first kappa shape index (κ1) is 25.3. The van der Waals surface area contributed by atoms with Gasteiger partial charge in [0, 0.05) is 23.1 Å². The molecule has 0 aliphatic heterocycles. The quantitative estimate of drug-likeness (QED) is 0.239. The molecule has 6 aromatic rings. The summed E-state index contributed by atoms with van der Waals surface area (Å²) in [7, 11) is 0. The highest BCUT2D eigenvalue weighted by atomic mass is 16.3. The van der Waals surface area contributed by atoms with Gasteiger partial charge >= 0.3 is 0 Å². The summed E-state index contributed by atoms with van der Waals surface area (Å²) in [4.78, 5) is 10.3. The molecule has 202 valence electrons. The van der Waals surface area contributed by atoms with Crippen LogP contribution in [0, 0.1) is 0 Å². The number of pyridine rings is 1. The Morgan fingerprint density at radius 3 is 2.17 bits per heavy atom. The van der Waals surface area contributed by atoms with E-state index in [1.165, 1.54) is 16.8 Å². The third kappa shape index (κ3) is 4.13. The van der Waals surface area contributed by atoms with Gasteiger partial charge in [-0.05, 0) is 64.4 Å². The molecule has 0 amide bonds. The van der Waals surface area contributed by atoms with Crippen molar-refractivity contribution in [1.29, 1.82) is 0 Å². The van der Waals surface area contributed by atoms with Crippen LogP contribution in [0.25, 0.3) is 50.6 Å². The van der Waals surface area contributed by atoms with Crippen LogP contribution in [-0.2, 0) is 6.42 Å². The van der Waals surface area contributed by atoms with Crippen molar-refractivity contribution in [1.82, 2.24) is 14.5 Å². The van der Waals surface area contributed by atoms with Crippen molar-refractivity contribution in [2.45, 2.75) is 46.0 Å². The van der Waals surface area contributed by atoms with Gasteiger partial charge in [-0.3, -0.25) is 4.57 Å². The third-order valence-electron chi connectivity index (χ3n) is 8.27. The molecule has 0 saturated heterocycles. The lowest BCUT2D eigenvalue weighted by Gasteiger charge is -2.22. The second-order valence-electron chi connectivity index (χ2n) is 11.6. The van der Waals surface area contributed by atoms with Gasteiger partial charge in [0.25, 0.3) is 0 Å². The maximum absolute atomic E-state index is 10.6. The molecule has 0 saturated carbocycles. The molecule has 4 aromatic carbocycles. The normalized spacial score (nSPS) is 12.3. The van der Waals surface area contributed by atoms with E-state index in [1.807, 2.05) is 6.07 Å². The number of nitrogens with zero attached hydrogens (tertiary/aromatic N) is 3. The Bertz CT molecular complexity index is 1920. The van der Waals surface area contributed by atoms with Gasteiger partial charge in [-0.1, -0.05) is 94.4 Å². The molecular formula is C37H33N3O. The molecule has 7 rings (SSSR count). The second kappa shape index (κ2) is 9.74. The number of phenolic OH excluding ortho intramolecular Hbond substituents is 1. The number of aromatic nitrogens is 3. The van der Waals surface area contributed by atoms with E-state index in [4.69, 9.17) is 9.97 Å². The van der Waals surface area contributed by atoms with Crippen LogP contribution >= 0.6 is 0 Å². The zero-order chi connectivity index (χ0) is 28.2. The Morgan fingerprint density at radius 1 is 0.683 bits per heavy atom. The minimum absolute atomic E-state index is 0.290. The maximum Gasteiger partial charge on any atom is 0.145 e. The summed E-state index contributed by atoms with van der Waals surface area (Å²) in [6, 6.07) is 33.6. The molecule has 1 aliphatic carbocycles. The lowest BCUT2D eigenvalue weighted by atomic mass is 9.92. The fraction of sp³-hybridized carbons (Fsp3) is 0.189. The summed E-state index contributed by atoms with van der Waals surface area (Å²) in [5.41, 5.74) is 12.9. The van der Waals surface area contributed by atoms with Crippen molar-refractivity contribution in [2.24, 2.45) is 0 Å². The lowest BCUT2D eigenvalue weighted by molar-refractivity contribution is 0.477. The Balaban J connectivity index is 1.43. The summed E-state index contributed by atoms with van der Waals surface area (Å²) in [5.74, 6) is 1.93. The topological polar surface area (TPSA) is 50.9 Å². The molecule has 4 nitrogen and oxygen atoms in total. The molecule has 1 aliphatic rings. The van der Waals surface area contributed by atoms with Crippen LogP contribution < -0.4 is 0 Å². The highest BCUT2D eigenvalue weighted by Crippen LogP contribution is 2.42. The van der Waals surface area contributed by atoms with Gasteiger partial charge in [0.15, 0.2) is 0 Å². The molecule has 0 radical (unpaired) electrons. The van der Waals surface area contributed by atoms with Gasteiger partial charge in [-0.15, -0.1) is 0 Å². The molecule has 0 fully saturated rings. The van der Waals surface area contributed by atoms with Crippen molar-refractivity contribution in [3.63, 3.8) is 0 Å². The van der Waals surface area contributed by atoms with E-state index < -0.39 is 0 Å². The van der Waals surface area contributed by atoms with Crippen molar-refractivity contribution >= 4 is 11.0 Å². The fourth-order valence-corrected chi connectivity index (χ4v) is 6.25. The predicted octanol–water partition coefficient (Wildman–Crippen LogP) is 9.28. The van der Waals surface area contributed by atoms with Gasteiger partial charge in [0.2, 0.25) is 0 Å². The van der Waals surface area contributed by atoms with Crippen molar-refractivity contribution < 1.29 is 5.11 Å². The Hall–Kier alpha value is -4.70. The molecule has 2 aromatic heterocycles. The third-order valence-corrected chi connectivity index (χ3v) is 8.27. The largest absolute Gasteiger partial charge is 0.507 e. The molecule has 2 heterocycles. The first-order valence-corrected chi connectivity index (χ1v) is 14.4.